The first kappa shape index (κ1) is 16.0. The largest absolute Gasteiger partial charge is 0.348 e. The first-order valence-corrected chi connectivity index (χ1v) is 6.92. The van der Waals surface area contributed by atoms with Crippen LogP contribution in [0.15, 0.2) is 30.3 Å². The predicted octanol–water partition coefficient (Wildman–Crippen LogP) is 2.34. The summed E-state index contributed by atoms with van der Waals surface area (Å²) < 4.78 is 0. The van der Waals surface area contributed by atoms with Crippen LogP contribution in [0.3, 0.4) is 0 Å². The summed E-state index contributed by atoms with van der Waals surface area (Å²) in [6, 6.07) is 6.28. The lowest BCUT2D eigenvalue weighted by atomic mass is 10.1. The molecule has 0 atom stereocenters. The number of hydrogen-bond acceptors (Lipinski definition) is 7. The van der Waals surface area contributed by atoms with E-state index in [1.165, 1.54) is 12.1 Å². The lowest BCUT2D eigenvalue weighted by Gasteiger charge is -2.06. The molecule has 1 aromatic heterocycles. The van der Waals surface area contributed by atoms with Gasteiger partial charge in [0.25, 0.3) is 5.91 Å². The van der Waals surface area contributed by atoms with Gasteiger partial charge in [0.1, 0.15) is 5.52 Å². The number of aromatic amines is 1. The Morgan fingerprint density at radius 1 is 1.12 bits per heavy atom. The van der Waals surface area contributed by atoms with Crippen molar-refractivity contribution in [1.82, 2.24) is 15.4 Å². The normalized spacial score (nSPS) is 10.6. The molecule has 126 valence electrons. The fourth-order valence-corrected chi connectivity index (χ4v) is 2.36. The molecule has 2 aromatic carbocycles. The molecule has 11 heteroatoms. The number of nitrogens with zero attached hydrogens (tertiary/aromatic N) is 4. The summed E-state index contributed by atoms with van der Waals surface area (Å²) in [7, 11) is 0. The van der Waals surface area contributed by atoms with Gasteiger partial charge in [0.15, 0.2) is 0 Å². The number of nitrogens with one attached hydrogen (secondary N) is 2. The van der Waals surface area contributed by atoms with Crippen LogP contribution < -0.4 is 5.32 Å². The van der Waals surface area contributed by atoms with Crippen LogP contribution in [-0.4, -0.2) is 31.2 Å². The van der Waals surface area contributed by atoms with Crippen LogP contribution in [0.1, 0.15) is 15.9 Å². The summed E-state index contributed by atoms with van der Waals surface area (Å²) in [4.78, 5) is 32.4. The van der Waals surface area contributed by atoms with Crippen molar-refractivity contribution < 1.29 is 14.6 Å². The molecule has 0 aliphatic heterocycles. The second-order valence-corrected chi connectivity index (χ2v) is 5.17. The quantitative estimate of drug-likeness (QED) is 0.544. The van der Waals surface area contributed by atoms with Crippen molar-refractivity contribution >= 4 is 34.0 Å². The number of aryl methyl sites for hydroxylation is 1. The monoisotopic (exact) mass is 342 g/mol. The van der Waals surface area contributed by atoms with Crippen LogP contribution in [0.25, 0.3) is 11.0 Å². The number of amides is 1. The van der Waals surface area contributed by atoms with Gasteiger partial charge in [-0.1, -0.05) is 5.21 Å². The fraction of sp³-hybridized carbons (Fsp3) is 0.0714. The number of nitro benzene ring substituents is 2. The Balaban J connectivity index is 1.93. The second kappa shape index (κ2) is 5.96. The van der Waals surface area contributed by atoms with Crippen molar-refractivity contribution in [1.29, 1.82) is 0 Å². The van der Waals surface area contributed by atoms with E-state index in [1.54, 1.807) is 13.0 Å². The summed E-state index contributed by atoms with van der Waals surface area (Å²) in [6.07, 6.45) is 0. The van der Waals surface area contributed by atoms with Crippen molar-refractivity contribution in [3.05, 3.63) is 61.7 Å². The molecule has 3 aromatic rings. The maximum atomic E-state index is 12.4. The van der Waals surface area contributed by atoms with E-state index < -0.39 is 27.1 Å². The molecule has 0 aliphatic carbocycles. The van der Waals surface area contributed by atoms with E-state index in [0.29, 0.717) is 11.0 Å². The van der Waals surface area contributed by atoms with Crippen LogP contribution in [0.4, 0.5) is 17.1 Å². The summed E-state index contributed by atoms with van der Waals surface area (Å²) >= 11 is 0. The van der Waals surface area contributed by atoms with Gasteiger partial charge in [-0.05, 0) is 30.7 Å². The minimum absolute atomic E-state index is 0.0720. The maximum Gasteiger partial charge on any atom is 0.348 e. The van der Waals surface area contributed by atoms with Gasteiger partial charge in [-0.3, -0.25) is 30.1 Å². The topological polar surface area (TPSA) is 157 Å². The average molecular weight is 342 g/mol. The Morgan fingerprint density at radius 3 is 2.52 bits per heavy atom. The fourth-order valence-electron chi connectivity index (χ4n) is 2.36. The zero-order valence-electron chi connectivity index (χ0n) is 12.7. The van der Waals surface area contributed by atoms with Crippen LogP contribution >= 0.6 is 0 Å². The third-order valence-electron chi connectivity index (χ3n) is 3.51. The number of carbonyl (C=O) groups is 1. The molecule has 0 unspecified atom stereocenters. The van der Waals surface area contributed by atoms with Crippen LogP contribution in [0.2, 0.25) is 0 Å². The third kappa shape index (κ3) is 2.97. The molecule has 0 fully saturated rings. The van der Waals surface area contributed by atoms with Crippen molar-refractivity contribution in [2.24, 2.45) is 0 Å². The molecule has 0 radical (unpaired) electrons. The molecule has 0 saturated heterocycles. The van der Waals surface area contributed by atoms with Gasteiger partial charge in [-0.15, -0.1) is 5.10 Å². The molecule has 25 heavy (non-hydrogen) atoms. The van der Waals surface area contributed by atoms with Crippen LogP contribution in [-0.2, 0) is 0 Å². The third-order valence-corrected chi connectivity index (χ3v) is 3.51. The SMILES string of the molecule is Cc1cc(C(=O)Nc2ccc([N+](=O)[O-])c([N+](=O)[O-])c2)cc2[nH]nnc12. The van der Waals surface area contributed by atoms with Gasteiger partial charge in [-0.25, -0.2) is 0 Å². The zero-order valence-corrected chi connectivity index (χ0v) is 12.7. The Labute approximate surface area is 139 Å². The van der Waals surface area contributed by atoms with Gasteiger partial charge in [0, 0.05) is 23.4 Å². The number of nitro groups is 2. The van der Waals surface area contributed by atoms with Crippen molar-refractivity contribution in [2.75, 3.05) is 5.32 Å². The molecule has 0 aliphatic rings. The molecule has 2 N–H and O–H groups in total. The average Bonchev–Trinajstić information content (AvgIpc) is 3.03. The second-order valence-electron chi connectivity index (χ2n) is 5.17. The molecule has 1 amide bonds. The predicted molar refractivity (Wildman–Crippen MR) is 86.3 cm³/mol. The van der Waals surface area contributed by atoms with Gasteiger partial charge < -0.3 is 5.32 Å². The number of rotatable bonds is 4. The smallest absolute Gasteiger partial charge is 0.322 e. The van der Waals surface area contributed by atoms with E-state index in [-0.39, 0.29) is 11.3 Å². The highest BCUT2D eigenvalue weighted by atomic mass is 16.6. The highest BCUT2D eigenvalue weighted by Gasteiger charge is 2.24. The Morgan fingerprint density at radius 2 is 1.84 bits per heavy atom. The van der Waals surface area contributed by atoms with Crippen molar-refractivity contribution in [3.63, 3.8) is 0 Å². The molecule has 3 rings (SSSR count). The summed E-state index contributed by atoms with van der Waals surface area (Å²) in [5.41, 5.74) is 0.935. The van der Waals surface area contributed by atoms with Crippen LogP contribution in [0.5, 0.6) is 0 Å². The van der Waals surface area contributed by atoms with E-state index in [9.17, 15) is 25.0 Å². The summed E-state index contributed by atoms with van der Waals surface area (Å²) in [5, 5.41) is 34.5. The van der Waals surface area contributed by atoms with Gasteiger partial charge in [0.2, 0.25) is 0 Å². The highest BCUT2D eigenvalue weighted by molar-refractivity contribution is 6.06. The Bertz CT molecular complexity index is 1030. The number of fused-ring (bicyclic) bond motifs is 1. The van der Waals surface area contributed by atoms with E-state index in [4.69, 9.17) is 0 Å². The standard InChI is InChI=1S/C14H10N6O5/c1-7-4-8(5-10-13(7)17-18-16-10)14(21)15-9-2-3-11(19(22)23)12(6-9)20(24)25/h2-6H,1H3,(H,15,21)(H,16,17,18). The molecule has 0 bridgehead atoms. The Kier molecular flexibility index (Phi) is 3.81. The number of H-pyrrole nitrogens is 1. The van der Waals surface area contributed by atoms with Gasteiger partial charge >= 0.3 is 11.4 Å². The molecule has 0 spiro atoms. The molecule has 1 heterocycles. The van der Waals surface area contributed by atoms with E-state index in [0.717, 1.165) is 17.7 Å². The summed E-state index contributed by atoms with van der Waals surface area (Å²) in [6.45, 7) is 1.76. The van der Waals surface area contributed by atoms with E-state index in [1.807, 2.05) is 0 Å². The summed E-state index contributed by atoms with van der Waals surface area (Å²) in [5.74, 6) is -0.525. The highest BCUT2D eigenvalue weighted by Crippen LogP contribution is 2.30. The first-order chi connectivity index (χ1) is 11.9. The first-order valence-electron chi connectivity index (χ1n) is 6.92. The van der Waals surface area contributed by atoms with Crippen molar-refractivity contribution in [2.45, 2.75) is 6.92 Å². The number of carbonyl (C=O) groups excluding carboxylic acids is 1. The molecule has 11 nitrogen and oxygen atoms in total. The maximum absolute atomic E-state index is 12.4. The molecule has 0 saturated carbocycles. The Hall–Kier alpha value is -3.89. The van der Waals surface area contributed by atoms with E-state index >= 15 is 0 Å². The number of hydrogen-bond donors (Lipinski definition) is 2. The van der Waals surface area contributed by atoms with Gasteiger partial charge in [-0.2, -0.15) is 0 Å². The lowest BCUT2D eigenvalue weighted by Crippen LogP contribution is -2.12. The number of aromatic nitrogens is 3. The minimum atomic E-state index is -0.875. The van der Waals surface area contributed by atoms with E-state index in [2.05, 4.69) is 20.7 Å². The minimum Gasteiger partial charge on any atom is -0.322 e. The molecular weight excluding hydrogens is 332 g/mol. The zero-order chi connectivity index (χ0) is 18.1. The lowest BCUT2D eigenvalue weighted by molar-refractivity contribution is -0.422. The van der Waals surface area contributed by atoms with Crippen LogP contribution in [0, 0.1) is 27.2 Å². The van der Waals surface area contributed by atoms with Gasteiger partial charge in [0.05, 0.1) is 15.4 Å². The van der Waals surface area contributed by atoms with Crippen molar-refractivity contribution in [3.8, 4) is 0 Å². The molecular formula is C14H10N6O5. The number of anilines is 1. The number of benzene rings is 2.